The fourth-order valence-electron chi connectivity index (χ4n) is 3.28. The maximum Gasteiger partial charge on any atom is 0.209 e. The number of aliphatic hydroxyl groups is 1. The standard InChI is InChI=1S/C18H23ClN2O2/c1-21(14-8-6-13(12-22)7-9-14)11-18-20-10-17(23-18)15-4-2-3-5-16(15)19/h2-5,10,13-14,22H,6-9,11-12H2,1H3. The normalized spacial score (nSPS) is 21.7. The predicted molar refractivity (Wildman–Crippen MR) is 91.2 cm³/mol. The lowest BCUT2D eigenvalue weighted by molar-refractivity contribution is 0.118. The van der Waals surface area contributed by atoms with E-state index in [1.54, 1.807) is 6.20 Å². The van der Waals surface area contributed by atoms with Gasteiger partial charge in [0.1, 0.15) is 0 Å². The first-order chi connectivity index (χ1) is 11.2. The quantitative estimate of drug-likeness (QED) is 0.898. The van der Waals surface area contributed by atoms with Crippen LogP contribution in [-0.2, 0) is 6.54 Å². The van der Waals surface area contributed by atoms with Gasteiger partial charge in [-0.1, -0.05) is 23.7 Å². The number of halogens is 1. The van der Waals surface area contributed by atoms with Crippen LogP contribution >= 0.6 is 11.6 Å². The molecule has 1 aromatic heterocycles. The van der Waals surface area contributed by atoms with Crippen LogP contribution in [0.5, 0.6) is 0 Å². The van der Waals surface area contributed by atoms with Crippen molar-refractivity contribution in [2.75, 3.05) is 13.7 Å². The molecule has 124 valence electrons. The van der Waals surface area contributed by atoms with Gasteiger partial charge in [-0.05, 0) is 50.8 Å². The Morgan fingerprint density at radius 1 is 1.26 bits per heavy atom. The van der Waals surface area contributed by atoms with Crippen LogP contribution in [0.2, 0.25) is 5.02 Å². The zero-order chi connectivity index (χ0) is 16.2. The molecule has 0 amide bonds. The number of aromatic nitrogens is 1. The molecule has 1 aliphatic carbocycles. The molecule has 1 aliphatic rings. The van der Waals surface area contributed by atoms with E-state index in [1.807, 2.05) is 24.3 Å². The smallest absolute Gasteiger partial charge is 0.209 e. The van der Waals surface area contributed by atoms with Crippen LogP contribution in [0.4, 0.5) is 0 Å². The first-order valence-electron chi connectivity index (χ1n) is 8.18. The Morgan fingerprint density at radius 2 is 2.00 bits per heavy atom. The molecule has 3 rings (SSSR count). The predicted octanol–water partition coefficient (Wildman–Crippen LogP) is 3.98. The SMILES string of the molecule is CN(Cc1ncc(-c2ccccc2Cl)o1)C1CCC(CO)CC1. The molecule has 1 aromatic carbocycles. The Balaban J connectivity index is 1.62. The van der Waals surface area contributed by atoms with Crippen molar-refractivity contribution in [3.05, 3.63) is 41.4 Å². The number of hydrogen-bond donors (Lipinski definition) is 1. The van der Waals surface area contributed by atoms with Gasteiger partial charge in [-0.15, -0.1) is 0 Å². The van der Waals surface area contributed by atoms with Gasteiger partial charge in [0, 0.05) is 18.2 Å². The van der Waals surface area contributed by atoms with Crippen molar-refractivity contribution in [1.82, 2.24) is 9.88 Å². The lowest BCUT2D eigenvalue weighted by Crippen LogP contribution is -2.35. The summed E-state index contributed by atoms with van der Waals surface area (Å²) in [7, 11) is 2.11. The summed E-state index contributed by atoms with van der Waals surface area (Å²) in [4.78, 5) is 6.69. The van der Waals surface area contributed by atoms with E-state index in [9.17, 15) is 5.11 Å². The van der Waals surface area contributed by atoms with E-state index in [1.165, 1.54) is 0 Å². The minimum absolute atomic E-state index is 0.317. The highest BCUT2D eigenvalue weighted by Crippen LogP contribution is 2.30. The molecule has 5 heteroatoms. The van der Waals surface area contributed by atoms with E-state index >= 15 is 0 Å². The summed E-state index contributed by atoms with van der Waals surface area (Å²) in [5.41, 5.74) is 0.874. The van der Waals surface area contributed by atoms with Crippen LogP contribution in [0, 0.1) is 5.92 Å². The van der Waals surface area contributed by atoms with Crippen molar-refractivity contribution in [2.24, 2.45) is 5.92 Å². The third kappa shape index (κ3) is 3.94. The van der Waals surface area contributed by atoms with E-state index in [0.29, 0.717) is 41.8 Å². The fourth-order valence-corrected chi connectivity index (χ4v) is 3.51. The molecule has 0 atom stereocenters. The average molecular weight is 335 g/mol. The Hall–Kier alpha value is -1.36. The minimum Gasteiger partial charge on any atom is -0.439 e. The minimum atomic E-state index is 0.317. The zero-order valence-corrected chi connectivity index (χ0v) is 14.2. The van der Waals surface area contributed by atoms with E-state index in [0.717, 1.165) is 31.2 Å². The number of benzene rings is 1. The summed E-state index contributed by atoms with van der Waals surface area (Å²) in [5.74, 6) is 1.91. The molecule has 0 saturated heterocycles. The third-order valence-electron chi connectivity index (χ3n) is 4.78. The number of oxazole rings is 1. The summed E-state index contributed by atoms with van der Waals surface area (Å²) in [6, 6.07) is 8.17. The van der Waals surface area contributed by atoms with E-state index < -0.39 is 0 Å². The number of hydrogen-bond acceptors (Lipinski definition) is 4. The monoisotopic (exact) mass is 334 g/mol. The van der Waals surface area contributed by atoms with Crippen molar-refractivity contribution < 1.29 is 9.52 Å². The fraction of sp³-hybridized carbons (Fsp3) is 0.500. The van der Waals surface area contributed by atoms with Gasteiger partial charge in [-0.25, -0.2) is 4.98 Å². The van der Waals surface area contributed by atoms with Crippen molar-refractivity contribution >= 4 is 11.6 Å². The molecule has 1 heterocycles. The molecule has 4 nitrogen and oxygen atoms in total. The van der Waals surface area contributed by atoms with E-state index in [2.05, 4.69) is 16.9 Å². The molecule has 1 N–H and O–H groups in total. The van der Waals surface area contributed by atoms with Gasteiger partial charge >= 0.3 is 0 Å². The topological polar surface area (TPSA) is 49.5 Å². The molecule has 2 aromatic rings. The van der Waals surface area contributed by atoms with Crippen LogP contribution in [0.25, 0.3) is 11.3 Å². The van der Waals surface area contributed by atoms with Crippen LogP contribution in [0.1, 0.15) is 31.6 Å². The first-order valence-corrected chi connectivity index (χ1v) is 8.56. The van der Waals surface area contributed by atoms with Crippen molar-refractivity contribution in [2.45, 2.75) is 38.3 Å². The maximum absolute atomic E-state index is 9.24. The van der Waals surface area contributed by atoms with Crippen LogP contribution < -0.4 is 0 Å². The number of rotatable bonds is 5. The van der Waals surface area contributed by atoms with Gasteiger partial charge in [0.2, 0.25) is 5.89 Å². The highest BCUT2D eigenvalue weighted by atomic mass is 35.5. The van der Waals surface area contributed by atoms with Gasteiger partial charge in [0.25, 0.3) is 0 Å². The third-order valence-corrected chi connectivity index (χ3v) is 5.10. The van der Waals surface area contributed by atoms with Crippen molar-refractivity contribution in [3.63, 3.8) is 0 Å². The summed E-state index contributed by atoms with van der Waals surface area (Å²) in [6.07, 6.45) is 6.19. The van der Waals surface area contributed by atoms with Crippen LogP contribution in [-0.4, -0.2) is 34.7 Å². The Bertz CT molecular complexity index is 635. The van der Waals surface area contributed by atoms with Gasteiger partial charge in [0.05, 0.1) is 17.8 Å². The molecule has 1 saturated carbocycles. The van der Waals surface area contributed by atoms with E-state index in [-0.39, 0.29) is 0 Å². The molecular formula is C18H23ClN2O2. The van der Waals surface area contributed by atoms with Gasteiger partial charge in [-0.3, -0.25) is 4.90 Å². The molecular weight excluding hydrogens is 312 g/mol. The molecule has 1 fully saturated rings. The largest absolute Gasteiger partial charge is 0.439 e. The second kappa shape index (κ2) is 7.47. The van der Waals surface area contributed by atoms with Gasteiger partial charge in [0.15, 0.2) is 5.76 Å². The Morgan fingerprint density at radius 3 is 2.70 bits per heavy atom. The highest BCUT2D eigenvalue weighted by Gasteiger charge is 2.24. The Kier molecular flexibility index (Phi) is 5.36. The lowest BCUT2D eigenvalue weighted by Gasteiger charge is -2.33. The lowest BCUT2D eigenvalue weighted by atomic mass is 9.86. The number of aliphatic hydroxyl groups excluding tert-OH is 1. The molecule has 0 spiro atoms. The summed E-state index contributed by atoms with van der Waals surface area (Å²) in [6.45, 7) is 1.01. The second-order valence-electron chi connectivity index (χ2n) is 6.37. The molecule has 0 unspecified atom stereocenters. The van der Waals surface area contributed by atoms with E-state index in [4.69, 9.17) is 16.0 Å². The maximum atomic E-state index is 9.24. The van der Waals surface area contributed by atoms with Crippen LogP contribution in [0.3, 0.4) is 0 Å². The van der Waals surface area contributed by atoms with Crippen molar-refractivity contribution in [1.29, 1.82) is 0 Å². The summed E-state index contributed by atoms with van der Waals surface area (Å²) < 4.78 is 5.88. The first kappa shape index (κ1) is 16.5. The number of nitrogens with zero attached hydrogens (tertiary/aromatic N) is 2. The summed E-state index contributed by atoms with van der Waals surface area (Å²) >= 11 is 6.20. The van der Waals surface area contributed by atoms with Crippen LogP contribution in [0.15, 0.2) is 34.9 Å². The average Bonchev–Trinajstić information content (AvgIpc) is 3.03. The van der Waals surface area contributed by atoms with Gasteiger partial charge in [-0.2, -0.15) is 0 Å². The Labute approximate surface area is 142 Å². The highest BCUT2D eigenvalue weighted by molar-refractivity contribution is 6.33. The molecule has 0 aliphatic heterocycles. The second-order valence-corrected chi connectivity index (χ2v) is 6.78. The molecule has 0 bridgehead atoms. The molecule has 23 heavy (non-hydrogen) atoms. The van der Waals surface area contributed by atoms with Gasteiger partial charge < -0.3 is 9.52 Å². The molecule has 0 radical (unpaired) electrons. The summed E-state index contributed by atoms with van der Waals surface area (Å²) in [5, 5.41) is 9.91. The zero-order valence-electron chi connectivity index (χ0n) is 13.4. The van der Waals surface area contributed by atoms with Crippen molar-refractivity contribution in [3.8, 4) is 11.3 Å².